The van der Waals surface area contributed by atoms with Crippen LogP contribution in [0.25, 0.3) is 21.6 Å². The van der Waals surface area contributed by atoms with Crippen LogP contribution in [0.1, 0.15) is 17.0 Å². The average molecular weight is 352 g/mol. The number of aliphatic carboxylic acids is 1. The molecular formula is C18H16N4O4. The lowest BCUT2D eigenvalue weighted by Gasteiger charge is -2.18. The van der Waals surface area contributed by atoms with Crippen LogP contribution in [0.5, 0.6) is 0 Å². The van der Waals surface area contributed by atoms with Crippen LogP contribution in [-0.2, 0) is 14.3 Å². The van der Waals surface area contributed by atoms with Crippen molar-refractivity contribution < 1.29 is 19.4 Å². The van der Waals surface area contributed by atoms with E-state index in [2.05, 4.69) is 10.0 Å². The standard InChI is InChI=1S/C18H16N4O4/c19-16(21-22-20)15(17(23)24)18(25)26-9-14-12-7-3-1-5-10(12)11-6-2-4-8-13(11)14/h1-8,14-16H,9,19H2,(H,23,24). The molecule has 0 saturated carbocycles. The van der Waals surface area contributed by atoms with E-state index in [9.17, 15) is 14.7 Å². The number of ether oxygens (including phenoxy) is 1. The van der Waals surface area contributed by atoms with E-state index in [4.69, 9.17) is 16.0 Å². The summed E-state index contributed by atoms with van der Waals surface area (Å²) in [4.78, 5) is 25.9. The van der Waals surface area contributed by atoms with E-state index in [0.29, 0.717) is 0 Å². The molecule has 0 fully saturated rings. The second-order valence-electron chi connectivity index (χ2n) is 5.87. The number of fused-ring (bicyclic) bond motifs is 3. The number of carboxylic acid groups (broad SMARTS) is 1. The maximum Gasteiger partial charge on any atom is 0.322 e. The molecule has 1 aliphatic carbocycles. The minimum atomic E-state index is -1.75. The first-order chi connectivity index (χ1) is 12.5. The maximum absolute atomic E-state index is 12.2. The van der Waals surface area contributed by atoms with Gasteiger partial charge in [-0.15, -0.1) is 0 Å². The SMILES string of the molecule is [N-]=[N+]=NC(N)C(C(=O)O)C(=O)OCC1c2ccccc2-c2ccccc21. The number of carboxylic acids is 1. The summed E-state index contributed by atoms with van der Waals surface area (Å²) in [6, 6.07) is 15.6. The van der Waals surface area contributed by atoms with Crippen LogP contribution in [-0.4, -0.2) is 29.8 Å². The van der Waals surface area contributed by atoms with Gasteiger partial charge in [-0.05, 0) is 27.8 Å². The van der Waals surface area contributed by atoms with Crippen molar-refractivity contribution in [3.8, 4) is 11.1 Å². The van der Waals surface area contributed by atoms with Crippen LogP contribution in [0, 0.1) is 5.92 Å². The van der Waals surface area contributed by atoms with Gasteiger partial charge in [0.15, 0.2) is 5.92 Å². The third-order valence-corrected chi connectivity index (χ3v) is 4.40. The molecule has 3 N–H and O–H groups in total. The van der Waals surface area contributed by atoms with Gasteiger partial charge in [0.2, 0.25) is 0 Å². The zero-order chi connectivity index (χ0) is 18.7. The third-order valence-electron chi connectivity index (χ3n) is 4.40. The van der Waals surface area contributed by atoms with Crippen molar-refractivity contribution in [2.75, 3.05) is 6.61 Å². The van der Waals surface area contributed by atoms with E-state index in [1.165, 1.54) is 0 Å². The van der Waals surface area contributed by atoms with E-state index >= 15 is 0 Å². The van der Waals surface area contributed by atoms with Crippen LogP contribution in [0.15, 0.2) is 53.6 Å². The van der Waals surface area contributed by atoms with E-state index < -0.39 is 24.0 Å². The normalized spacial score (nSPS) is 14.5. The Kier molecular flexibility index (Phi) is 4.88. The smallest absolute Gasteiger partial charge is 0.322 e. The summed E-state index contributed by atoms with van der Waals surface area (Å²) in [5, 5.41) is 12.3. The summed E-state index contributed by atoms with van der Waals surface area (Å²) < 4.78 is 5.25. The predicted molar refractivity (Wildman–Crippen MR) is 92.9 cm³/mol. The Labute approximate surface area is 148 Å². The number of nitrogens with zero attached hydrogens (tertiary/aromatic N) is 3. The van der Waals surface area contributed by atoms with Crippen molar-refractivity contribution in [3.05, 3.63) is 70.1 Å². The Hall–Kier alpha value is -3.35. The highest BCUT2D eigenvalue weighted by Gasteiger charge is 2.35. The van der Waals surface area contributed by atoms with Crippen molar-refractivity contribution in [1.29, 1.82) is 0 Å². The molecule has 0 amide bonds. The largest absolute Gasteiger partial charge is 0.481 e. The number of hydrogen-bond acceptors (Lipinski definition) is 5. The van der Waals surface area contributed by atoms with Crippen molar-refractivity contribution in [2.24, 2.45) is 16.8 Å². The molecule has 8 heteroatoms. The monoisotopic (exact) mass is 352 g/mol. The number of rotatable bonds is 6. The number of hydrogen-bond donors (Lipinski definition) is 2. The average Bonchev–Trinajstić information content (AvgIpc) is 2.94. The lowest BCUT2D eigenvalue weighted by Crippen LogP contribution is -2.40. The molecule has 8 nitrogen and oxygen atoms in total. The summed E-state index contributed by atoms with van der Waals surface area (Å²) >= 11 is 0. The number of esters is 1. The Balaban J connectivity index is 1.82. The number of azide groups is 1. The molecule has 2 unspecified atom stereocenters. The Bertz CT molecular complexity index is 862. The van der Waals surface area contributed by atoms with Gasteiger partial charge in [-0.1, -0.05) is 53.6 Å². The van der Waals surface area contributed by atoms with E-state index in [-0.39, 0.29) is 12.5 Å². The van der Waals surface area contributed by atoms with Gasteiger partial charge in [0.05, 0.1) is 0 Å². The molecule has 0 aliphatic heterocycles. The molecule has 26 heavy (non-hydrogen) atoms. The van der Waals surface area contributed by atoms with E-state index in [0.717, 1.165) is 22.3 Å². The molecular weight excluding hydrogens is 336 g/mol. The second-order valence-corrected chi connectivity index (χ2v) is 5.87. The summed E-state index contributed by atoms with van der Waals surface area (Å²) in [6.45, 7) is -0.0281. The van der Waals surface area contributed by atoms with Gasteiger partial charge < -0.3 is 15.6 Å². The number of carbonyl (C=O) groups excluding carboxylic acids is 1. The number of benzene rings is 2. The molecule has 2 aromatic rings. The summed E-state index contributed by atoms with van der Waals surface area (Å²) in [5.41, 5.74) is 18.0. The zero-order valence-electron chi connectivity index (χ0n) is 13.6. The highest BCUT2D eigenvalue weighted by atomic mass is 16.5. The summed E-state index contributed by atoms with van der Waals surface area (Å²) in [7, 11) is 0. The molecule has 3 rings (SSSR count). The topological polar surface area (TPSA) is 138 Å². The van der Waals surface area contributed by atoms with Crippen LogP contribution >= 0.6 is 0 Å². The first-order valence-electron chi connectivity index (χ1n) is 7.92. The first kappa shape index (κ1) is 17.5. The quantitative estimate of drug-likeness (QED) is 0.270. The van der Waals surface area contributed by atoms with Gasteiger partial charge in [-0.2, -0.15) is 0 Å². The minimum absolute atomic E-state index is 0.0281. The second kappa shape index (κ2) is 7.26. The highest BCUT2D eigenvalue weighted by Crippen LogP contribution is 2.44. The Morgan fingerprint density at radius 3 is 2.19 bits per heavy atom. The maximum atomic E-state index is 12.2. The van der Waals surface area contributed by atoms with Crippen molar-refractivity contribution >= 4 is 11.9 Å². The molecule has 132 valence electrons. The third kappa shape index (κ3) is 3.11. The van der Waals surface area contributed by atoms with Crippen LogP contribution < -0.4 is 5.73 Å². The summed E-state index contributed by atoms with van der Waals surface area (Å²) in [6.07, 6.45) is -1.53. The number of nitrogens with two attached hydrogens (primary N) is 1. The molecule has 0 spiro atoms. The van der Waals surface area contributed by atoms with Crippen LogP contribution in [0.4, 0.5) is 0 Å². The molecule has 1 aliphatic rings. The molecule has 0 aromatic heterocycles. The molecule has 0 bridgehead atoms. The van der Waals surface area contributed by atoms with Gasteiger partial charge in [-0.3, -0.25) is 9.59 Å². The van der Waals surface area contributed by atoms with Crippen LogP contribution in [0.2, 0.25) is 0 Å². The highest BCUT2D eigenvalue weighted by molar-refractivity contribution is 5.94. The molecule has 0 radical (unpaired) electrons. The van der Waals surface area contributed by atoms with Crippen molar-refractivity contribution in [1.82, 2.24) is 0 Å². The van der Waals surface area contributed by atoms with Gasteiger partial charge >= 0.3 is 11.9 Å². The van der Waals surface area contributed by atoms with Gasteiger partial charge in [0.1, 0.15) is 12.8 Å². The van der Waals surface area contributed by atoms with Crippen molar-refractivity contribution in [3.63, 3.8) is 0 Å². The van der Waals surface area contributed by atoms with Gasteiger partial charge in [0, 0.05) is 10.8 Å². The number of carbonyl (C=O) groups is 2. The van der Waals surface area contributed by atoms with Gasteiger partial charge in [0.25, 0.3) is 0 Å². The Morgan fingerprint density at radius 1 is 1.15 bits per heavy atom. The minimum Gasteiger partial charge on any atom is -0.481 e. The van der Waals surface area contributed by atoms with E-state index in [1.807, 2.05) is 48.5 Å². The fourth-order valence-corrected chi connectivity index (χ4v) is 3.21. The Morgan fingerprint density at radius 2 is 1.69 bits per heavy atom. The predicted octanol–water partition coefficient (Wildman–Crippen LogP) is 2.64. The lowest BCUT2D eigenvalue weighted by molar-refractivity contribution is -0.159. The lowest BCUT2D eigenvalue weighted by atomic mass is 9.98. The molecule has 2 aromatic carbocycles. The zero-order valence-corrected chi connectivity index (χ0v) is 13.6. The fraction of sp³-hybridized carbons (Fsp3) is 0.222. The molecule has 0 saturated heterocycles. The van der Waals surface area contributed by atoms with E-state index in [1.54, 1.807) is 0 Å². The fourth-order valence-electron chi connectivity index (χ4n) is 3.21. The molecule has 2 atom stereocenters. The first-order valence-corrected chi connectivity index (χ1v) is 7.92. The summed E-state index contributed by atoms with van der Waals surface area (Å²) in [5.74, 6) is -4.48. The van der Waals surface area contributed by atoms with Gasteiger partial charge in [-0.25, -0.2) is 0 Å². The van der Waals surface area contributed by atoms with Crippen molar-refractivity contribution in [2.45, 2.75) is 12.1 Å². The molecule has 0 heterocycles. The van der Waals surface area contributed by atoms with Crippen LogP contribution in [0.3, 0.4) is 0 Å².